The third kappa shape index (κ3) is 1.54. The molecule has 2 rings (SSSR count). The summed E-state index contributed by atoms with van der Waals surface area (Å²) in [7, 11) is 0. The van der Waals surface area contributed by atoms with Gasteiger partial charge < -0.3 is 4.42 Å². The first-order valence-corrected chi connectivity index (χ1v) is 4.85. The van der Waals surface area contributed by atoms with Gasteiger partial charge in [0.1, 0.15) is 5.58 Å². The summed E-state index contributed by atoms with van der Waals surface area (Å²) in [6.07, 6.45) is -2.56. The van der Waals surface area contributed by atoms with Crippen molar-refractivity contribution in [3.05, 3.63) is 34.0 Å². The number of benzene rings is 1. The van der Waals surface area contributed by atoms with Gasteiger partial charge in [0.2, 0.25) is 0 Å². The monoisotopic (exact) mass is 260 g/mol. The van der Waals surface area contributed by atoms with E-state index in [1.54, 1.807) is 6.07 Å². The number of rotatable bonds is 1. The molecular weight excluding hydrogens is 254 g/mol. The molecule has 4 heteroatoms. The van der Waals surface area contributed by atoms with Crippen LogP contribution in [0.25, 0.3) is 11.0 Å². The fourth-order valence-corrected chi connectivity index (χ4v) is 2.00. The fourth-order valence-electron chi connectivity index (χ4n) is 1.41. The first kappa shape index (κ1) is 9.65. The van der Waals surface area contributed by atoms with Gasteiger partial charge in [0.25, 0.3) is 6.43 Å². The van der Waals surface area contributed by atoms with E-state index in [0.29, 0.717) is 11.0 Å². The average Bonchev–Trinajstić information content (AvgIpc) is 2.47. The van der Waals surface area contributed by atoms with Gasteiger partial charge in [-0.15, -0.1) is 0 Å². The zero-order chi connectivity index (χ0) is 10.3. The molecule has 1 aromatic carbocycles. The first-order valence-electron chi connectivity index (χ1n) is 4.05. The molecule has 0 radical (unpaired) electrons. The van der Waals surface area contributed by atoms with Gasteiger partial charge in [-0.1, -0.05) is 15.9 Å². The standard InChI is InChI=1S/C10H7BrF2O/c1-5-2-7(11)3-6-4-8(10(12)13)14-9(5)6/h2-4,10H,1H3. The average molecular weight is 261 g/mol. The highest BCUT2D eigenvalue weighted by Gasteiger charge is 2.14. The number of halogens is 3. The molecule has 1 nitrogen and oxygen atoms in total. The Morgan fingerprint density at radius 2 is 2.00 bits per heavy atom. The second kappa shape index (κ2) is 3.35. The number of hydrogen-bond donors (Lipinski definition) is 0. The number of aryl methyl sites for hydroxylation is 1. The highest BCUT2D eigenvalue weighted by atomic mass is 79.9. The van der Waals surface area contributed by atoms with Crippen molar-refractivity contribution in [2.45, 2.75) is 13.3 Å². The zero-order valence-corrected chi connectivity index (χ0v) is 8.94. The molecule has 74 valence electrons. The van der Waals surface area contributed by atoms with E-state index in [9.17, 15) is 8.78 Å². The van der Waals surface area contributed by atoms with Crippen LogP contribution in [0.3, 0.4) is 0 Å². The van der Waals surface area contributed by atoms with Crippen LogP contribution in [0.1, 0.15) is 17.7 Å². The van der Waals surface area contributed by atoms with Crippen molar-refractivity contribution >= 4 is 26.9 Å². The Kier molecular flexibility index (Phi) is 2.31. The smallest absolute Gasteiger partial charge is 0.295 e. The minimum Gasteiger partial charge on any atom is -0.455 e. The highest BCUT2D eigenvalue weighted by Crippen LogP contribution is 2.31. The summed E-state index contributed by atoms with van der Waals surface area (Å²) >= 11 is 3.30. The molecule has 0 saturated carbocycles. The third-order valence-electron chi connectivity index (χ3n) is 2.00. The van der Waals surface area contributed by atoms with Crippen LogP contribution >= 0.6 is 15.9 Å². The summed E-state index contributed by atoms with van der Waals surface area (Å²) in [5.74, 6) is -0.277. The number of alkyl halides is 2. The summed E-state index contributed by atoms with van der Waals surface area (Å²) in [6.45, 7) is 1.83. The minimum absolute atomic E-state index is 0.277. The van der Waals surface area contributed by atoms with Crippen LogP contribution in [0.2, 0.25) is 0 Å². The van der Waals surface area contributed by atoms with Crippen LogP contribution < -0.4 is 0 Å². The van der Waals surface area contributed by atoms with Crippen molar-refractivity contribution in [1.82, 2.24) is 0 Å². The summed E-state index contributed by atoms with van der Waals surface area (Å²) in [4.78, 5) is 0. The lowest BCUT2D eigenvalue weighted by atomic mass is 10.2. The maximum atomic E-state index is 12.3. The summed E-state index contributed by atoms with van der Waals surface area (Å²) in [5.41, 5.74) is 1.38. The molecule has 0 aliphatic carbocycles. The van der Waals surface area contributed by atoms with E-state index in [-0.39, 0.29) is 5.76 Å². The topological polar surface area (TPSA) is 13.1 Å². The van der Waals surface area contributed by atoms with E-state index in [0.717, 1.165) is 10.0 Å². The maximum Gasteiger partial charge on any atom is 0.295 e. The normalized spacial score (nSPS) is 11.5. The summed E-state index contributed by atoms with van der Waals surface area (Å²) in [6, 6.07) is 4.97. The highest BCUT2D eigenvalue weighted by molar-refractivity contribution is 9.10. The van der Waals surface area contributed by atoms with E-state index in [1.165, 1.54) is 6.07 Å². The van der Waals surface area contributed by atoms with E-state index in [4.69, 9.17) is 4.42 Å². The van der Waals surface area contributed by atoms with Crippen LogP contribution in [-0.4, -0.2) is 0 Å². The van der Waals surface area contributed by atoms with Crippen molar-refractivity contribution in [2.75, 3.05) is 0 Å². The Hall–Kier alpha value is -0.900. The van der Waals surface area contributed by atoms with Crippen molar-refractivity contribution in [3.8, 4) is 0 Å². The number of hydrogen-bond acceptors (Lipinski definition) is 1. The van der Waals surface area contributed by atoms with Crippen LogP contribution in [0, 0.1) is 6.92 Å². The predicted octanol–water partition coefficient (Wildman–Crippen LogP) is 4.44. The Morgan fingerprint density at radius 3 is 2.64 bits per heavy atom. The van der Waals surface area contributed by atoms with Crippen LogP contribution in [-0.2, 0) is 0 Å². The molecule has 14 heavy (non-hydrogen) atoms. The molecule has 1 aromatic heterocycles. The zero-order valence-electron chi connectivity index (χ0n) is 7.35. The Labute approximate surface area is 87.8 Å². The van der Waals surface area contributed by atoms with Crippen molar-refractivity contribution < 1.29 is 13.2 Å². The van der Waals surface area contributed by atoms with Gasteiger partial charge in [0, 0.05) is 9.86 Å². The van der Waals surface area contributed by atoms with Gasteiger partial charge in [-0.25, -0.2) is 8.78 Å². The van der Waals surface area contributed by atoms with Crippen molar-refractivity contribution in [1.29, 1.82) is 0 Å². The van der Waals surface area contributed by atoms with Gasteiger partial charge in [-0.2, -0.15) is 0 Å². The van der Waals surface area contributed by atoms with Gasteiger partial charge in [-0.05, 0) is 30.7 Å². The summed E-state index contributed by atoms with van der Waals surface area (Å²) in [5, 5.41) is 0.701. The van der Waals surface area contributed by atoms with Crippen molar-refractivity contribution in [2.24, 2.45) is 0 Å². The molecule has 1 heterocycles. The van der Waals surface area contributed by atoms with Gasteiger partial charge in [-0.3, -0.25) is 0 Å². The molecule has 0 aliphatic heterocycles. The van der Waals surface area contributed by atoms with Crippen molar-refractivity contribution in [3.63, 3.8) is 0 Å². The Bertz CT molecular complexity index is 476. The van der Waals surface area contributed by atoms with Gasteiger partial charge in [0.05, 0.1) is 0 Å². The molecule has 0 amide bonds. The second-order valence-corrected chi connectivity index (χ2v) is 4.01. The quantitative estimate of drug-likeness (QED) is 0.739. The fraction of sp³-hybridized carbons (Fsp3) is 0.200. The molecule has 0 spiro atoms. The van der Waals surface area contributed by atoms with E-state index < -0.39 is 6.43 Å². The van der Waals surface area contributed by atoms with E-state index >= 15 is 0 Å². The first-order chi connectivity index (χ1) is 6.58. The lowest BCUT2D eigenvalue weighted by Crippen LogP contribution is -1.75. The molecular formula is C10H7BrF2O. The molecule has 0 N–H and O–H groups in total. The lowest BCUT2D eigenvalue weighted by Gasteiger charge is -1.95. The number of fused-ring (bicyclic) bond motifs is 1. The van der Waals surface area contributed by atoms with Crippen LogP contribution in [0.5, 0.6) is 0 Å². The Balaban J connectivity index is 2.70. The molecule has 0 atom stereocenters. The molecule has 0 unspecified atom stereocenters. The molecule has 0 bridgehead atoms. The molecule has 0 saturated heterocycles. The molecule has 2 aromatic rings. The predicted molar refractivity (Wildman–Crippen MR) is 53.6 cm³/mol. The largest absolute Gasteiger partial charge is 0.455 e. The maximum absolute atomic E-state index is 12.3. The molecule has 0 aliphatic rings. The second-order valence-electron chi connectivity index (χ2n) is 3.09. The van der Waals surface area contributed by atoms with Gasteiger partial charge in [0.15, 0.2) is 5.76 Å². The number of furan rings is 1. The van der Waals surface area contributed by atoms with E-state index in [2.05, 4.69) is 15.9 Å². The van der Waals surface area contributed by atoms with Crippen LogP contribution in [0.4, 0.5) is 8.78 Å². The van der Waals surface area contributed by atoms with Gasteiger partial charge >= 0.3 is 0 Å². The lowest BCUT2D eigenvalue weighted by molar-refractivity contribution is 0.124. The van der Waals surface area contributed by atoms with Crippen LogP contribution in [0.15, 0.2) is 27.1 Å². The minimum atomic E-state index is -2.56. The molecule has 0 fully saturated rings. The SMILES string of the molecule is Cc1cc(Br)cc2cc(C(F)F)oc12. The third-order valence-corrected chi connectivity index (χ3v) is 2.46. The Morgan fingerprint density at radius 1 is 1.29 bits per heavy atom. The summed E-state index contributed by atoms with van der Waals surface area (Å²) < 4.78 is 30.6. The van der Waals surface area contributed by atoms with E-state index in [1.807, 2.05) is 13.0 Å².